The molecule has 2 N–H and O–H groups in total. The number of H-pyrrole nitrogens is 1. The number of thioether (sulfide) groups is 1. The summed E-state index contributed by atoms with van der Waals surface area (Å²) in [6, 6.07) is 15.6. The number of fused-ring (bicyclic) bond motifs is 1. The van der Waals surface area contributed by atoms with Crippen molar-refractivity contribution in [2.75, 3.05) is 12.3 Å². The van der Waals surface area contributed by atoms with Gasteiger partial charge in [0.15, 0.2) is 0 Å². The van der Waals surface area contributed by atoms with Gasteiger partial charge in [-0.1, -0.05) is 29.8 Å². The molecule has 0 atom stereocenters. The van der Waals surface area contributed by atoms with Gasteiger partial charge in [0.05, 0.1) is 5.56 Å². The Labute approximate surface area is 144 Å². The van der Waals surface area contributed by atoms with Gasteiger partial charge in [0.25, 0.3) is 5.91 Å². The molecule has 3 aromatic rings. The molecule has 3 nitrogen and oxygen atoms in total. The second kappa shape index (κ2) is 7.11. The molecular formula is C18H17ClN2OS. The largest absolute Gasteiger partial charge is 0.358 e. The van der Waals surface area contributed by atoms with Crippen LogP contribution in [0.3, 0.4) is 0 Å². The van der Waals surface area contributed by atoms with Crippen molar-refractivity contribution in [2.45, 2.75) is 11.8 Å². The minimum absolute atomic E-state index is 0.0309. The Balaban J connectivity index is 1.58. The molecule has 23 heavy (non-hydrogen) atoms. The monoisotopic (exact) mass is 344 g/mol. The predicted molar refractivity (Wildman–Crippen MR) is 97.5 cm³/mol. The molecule has 0 spiro atoms. The molecule has 0 unspecified atom stereocenters. The summed E-state index contributed by atoms with van der Waals surface area (Å²) in [4.78, 5) is 16.8. The Morgan fingerprint density at radius 3 is 2.70 bits per heavy atom. The number of halogens is 1. The van der Waals surface area contributed by atoms with E-state index in [1.54, 1.807) is 11.8 Å². The maximum atomic E-state index is 12.4. The van der Waals surface area contributed by atoms with Gasteiger partial charge in [0, 0.05) is 38.8 Å². The highest BCUT2D eigenvalue weighted by Gasteiger charge is 2.14. The van der Waals surface area contributed by atoms with Crippen LogP contribution in [0.1, 0.15) is 16.1 Å². The van der Waals surface area contributed by atoms with Crippen molar-refractivity contribution in [3.8, 4) is 0 Å². The van der Waals surface area contributed by atoms with Crippen LogP contribution in [0.25, 0.3) is 10.9 Å². The molecule has 3 rings (SSSR count). The number of rotatable bonds is 5. The lowest BCUT2D eigenvalue weighted by atomic mass is 10.1. The number of nitrogens with one attached hydrogen (secondary N) is 2. The molecular weight excluding hydrogens is 328 g/mol. The number of hydrogen-bond donors (Lipinski definition) is 2. The van der Waals surface area contributed by atoms with Gasteiger partial charge in [0.2, 0.25) is 0 Å². The first-order chi connectivity index (χ1) is 11.1. The van der Waals surface area contributed by atoms with E-state index in [2.05, 4.69) is 10.3 Å². The van der Waals surface area contributed by atoms with Crippen LogP contribution in [0.5, 0.6) is 0 Å². The third kappa shape index (κ3) is 3.71. The predicted octanol–water partition coefficient (Wildman–Crippen LogP) is 4.65. The molecule has 1 heterocycles. The van der Waals surface area contributed by atoms with E-state index in [0.717, 1.165) is 37.8 Å². The van der Waals surface area contributed by atoms with Crippen LogP contribution in [0.15, 0.2) is 53.4 Å². The standard InChI is InChI=1S/C18H17ClN2OS/c1-12-17(15-4-2-3-5-16(15)21-12)18(22)20-10-11-23-14-8-6-13(19)7-9-14/h2-9,21H,10-11H2,1H3,(H,20,22). The van der Waals surface area contributed by atoms with Gasteiger partial charge in [0.1, 0.15) is 0 Å². The van der Waals surface area contributed by atoms with Gasteiger partial charge < -0.3 is 10.3 Å². The zero-order valence-electron chi connectivity index (χ0n) is 12.7. The van der Waals surface area contributed by atoms with Crippen molar-refractivity contribution < 1.29 is 4.79 Å². The van der Waals surface area contributed by atoms with Gasteiger partial charge in [-0.25, -0.2) is 0 Å². The van der Waals surface area contributed by atoms with E-state index in [9.17, 15) is 4.79 Å². The van der Waals surface area contributed by atoms with Crippen molar-refractivity contribution >= 4 is 40.2 Å². The molecule has 0 saturated heterocycles. The van der Waals surface area contributed by atoms with Crippen LogP contribution in [0.4, 0.5) is 0 Å². The van der Waals surface area contributed by atoms with Crippen LogP contribution >= 0.6 is 23.4 Å². The number of amides is 1. The Bertz CT molecular complexity index is 827. The lowest BCUT2D eigenvalue weighted by molar-refractivity contribution is 0.0957. The highest BCUT2D eigenvalue weighted by Crippen LogP contribution is 2.22. The SMILES string of the molecule is Cc1[nH]c2ccccc2c1C(=O)NCCSc1ccc(Cl)cc1. The molecule has 118 valence electrons. The van der Waals surface area contributed by atoms with E-state index in [-0.39, 0.29) is 5.91 Å². The minimum Gasteiger partial charge on any atom is -0.358 e. The van der Waals surface area contributed by atoms with Crippen molar-refractivity contribution in [2.24, 2.45) is 0 Å². The zero-order chi connectivity index (χ0) is 16.2. The van der Waals surface area contributed by atoms with Crippen molar-refractivity contribution in [1.29, 1.82) is 0 Å². The Kier molecular flexibility index (Phi) is 4.94. The summed E-state index contributed by atoms with van der Waals surface area (Å²) < 4.78 is 0. The lowest BCUT2D eigenvalue weighted by Gasteiger charge is -2.06. The molecule has 0 radical (unpaired) electrons. The molecule has 0 fully saturated rings. The van der Waals surface area contributed by atoms with Crippen molar-refractivity contribution in [1.82, 2.24) is 10.3 Å². The van der Waals surface area contributed by atoms with Gasteiger partial charge in [-0.05, 0) is 37.3 Å². The van der Waals surface area contributed by atoms with Gasteiger partial charge in [-0.3, -0.25) is 4.79 Å². The molecule has 0 saturated carbocycles. The van der Waals surface area contributed by atoms with Crippen LogP contribution in [-0.4, -0.2) is 23.2 Å². The van der Waals surface area contributed by atoms with Gasteiger partial charge in [-0.15, -0.1) is 11.8 Å². The first-order valence-electron chi connectivity index (χ1n) is 7.39. The van der Waals surface area contributed by atoms with Gasteiger partial charge in [-0.2, -0.15) is 0 Å². The molecule has 5 heteroatoms. The molecule has 1 amide bonds. The average Bonchev–Trinajstić information content (AvgIpc) is 2.89. The number of carbonyl (C=O) groups is 1. The molecule has 0 aliphatic heterocycles. The maximum absolute atomic E-state index is 12.4. The summed E-state index contributed by atoms with van der Waals surface area (Å²) in [6.45, 7) is 2.54. The molecule has 0 aliphatic rings. The fourth-order valence-corrected chi connectivity index (χ4v) is 3.42. The quantitative estimate of drug-likeness (QED) is 0.522. The average molecular weight is 345 g/mol. The number of aromatic nitrogens is 1. The number of benzene rings is 2. The normalized spacial score (nSPS) is 10.9. The fraction of sp³-hybridized carbons (Fsp3) is 0.167. The third-order valence-electron chi connectivity index (χ3n) is 3.59. The lowest BCUT2D eigenvalue weighted by Crippen LogP contribution is -2.26. The summed E-state index contributed by atoms with van der Waals surface area (Å²) in [5, 5.41) is 4.69. The molecule has 1 aromatic heterocycles. The van der Waals surface area contributed by atoms with Crippen LogP contribution in [-0.2, 0) is 0 Å². The van der Waals surface area contributed by atoms with Crippen molar-refractivity contribution in [3.05, 3.63) is 64.8 Å². The second-order valence-electron chi connectivity index (χ2n) is 5.23. The molecule has 0 bridgehead atoms. The number of carbonyl (C=O) groups excluding carboxylic acids is 1. The van der Waals surface area contributed by atoms with E-state index in [0.29, 0.717) is 6.54 Å². The van der Waals surface area contributed by atoms with Crippen LogP contribution < -0.4 is 5.32 Å². The summed E-state index contributed by atoms with van der Waals surface area (Å²) in [7, 11) is 0. The van der Waals surface area contributed by atoms with Crippen LogP contribution in [0.2, 0.25) is 5.02 Å². The van der Waals surface area contributed by atoms with E-state index >= 15 is 0 Å². The topological polar surface area (TPSA) is 44.9 Å². The van der Waals surface area contributed by atoms with E-state index in [1.807, 2.05) is 55.5 Å². The Hall–Kier alpha value is -1.91. The van der Waals surface area contributed by atoms with E-state index in [1.165, 1.54) is 0 Å². The third-order valence-corrected chi connectivity index (χ3v) is 4.86. The smallest absolute Gasteiger partial charge is 0.253 e. The Morgan fingerprint density at radius 2 is 1.91 bits per heavy atom. The summed E-state index contributed by atoms with van der Waals surface area (Å²) in [6.07, 6.45) is 0. The van der Waals surface area contributed by atoms with Crippen molar-refractivity contribution in [3.63, 3.8) is 0 Å². The summed E-state index contributed by atoms with van der Waals surface area (Å²) in [5.74, 6) is 0.783. The van der Waals surface area contributed by atoms with Gasteiger partial charge >= 0.3 is 0 Å². The summed E-state index contributed by atoms with van der Waals surface area (Å²) >= 11 is 7.56. The molecule has 0 aliphatic carbocycles. The molecule has 2 aromatic carbocycles. The maximum Gasteiger partial charge on any atom is 0.253 e. The van der Waals surface area contributed by atoms with E-state index < -0.39 is 0 Å². The summed E-state index contributed by atoms with van der Waals surface area (Å²) in [5.41, 5.74) is 2.62. The number of hydrogen-bond acceptors (Lipinski definition) is 2. The fourth-order valence-electron chi connectivity index (χ4n) is 2.52. The second-order valence-corrected chi connectivity index (χ2v) is 6.83. The zero-order valence-corrected chi connectivity index (χ0v) is 14.3. The first kappa shape index (κ1) is 16.0. The van der Waals surface area contributed by atoms with E-state index in [4.69, 9.17) is 11.6 Å². The Morgan fingerprint density at radius 1 is 1.17 bits per heavy atom. The number of para-hydroxylation sites is 1. The first-order valence-corrected chi connectivity index (χ1v) is 8.75. The number of aryl methyl sites for hydroxylation is 1. The number of aromatic amines is 1. The minimum atomic E-state index is -0.0309. The highest BCUT2D eigenvalue weighted by molar-refractivity contribution is 7.99. The van der Waals surface area contributed by atoms with Crippen LogP contribution in [0, 0.1) is 6.92 Å². The highest BCUT2D eigenvalue weighted by atomic mass is 35.5.